The maximum absolute atomic E-state index is 4.50. The van der Waals surface area contributed by atoms with Crippen LogP contribution in [-0.4, -0.2) is 9.78 Å². The van der Waals surface area contributed by atoms with Crippen molar-refractivity contribution in [2.45, 2.75) is 20.8 Å². The average Bonchev–Trinajstić information content (AvgIpc) is 2.88. The Kier molecular flexibility index (Phi) is 3.15. The Balaban J connectivity index is 2.02. The highest BCUT2D eigenvalue weighted by atomic mass is 15.3. The van der Waals surface area contributed by atoms with Gasteiger partial charge in [-0.05, 0) is 38.0 Å². The highest BCUT2D eigenvalue weighted by molar-refractivity contribution is 5.63. The van der Waals surface area contributed by atoms with Crippen LogP contribution in [0.15, 0.2) is 54.9 Å². The summed E-state index contributed by atoms with van der Waals surface area (Å²) in [6, 6.07) is 14.9. The van der Waals surface area contributed by atoms with Gasteiger partial charge in [0.1, 0.15) is 0 Å². The summed E-state index contributed by atoms with van der Waals surface area (Å²) >= 11 is 0. The number of aromatic nitrogens is 2. The van der Waals surface area contributed by atoms with Crippen molar-refractivity contribution in [3.05, 3.63) is 71.5 Å². The molecular weight excluding hydrogens is 244 g/mol. The Morgan fingerprint density at radius 2 is 1.65 bits per heavy atom. The Labute approximate surface area is 119 Å². The third-order valence-electron chi connectivity index (χ3n) is 3.53. The minimum absolute atomic E-state index is 1.13. The Morgan fingerprint density at radius 1 is 0.850 bits per heavy atom. The van der Waals surface area contributed by atoms with E-state index in [1.165, 1.54) is 22.3 Å². The van der Waals surface area contributed by atoms with Crippen molar-refractivity contribution in [3.8, 4) is 16.8 Å². The largest absolute Gasteiger partial charge is 0.240 e. The van der Waals surface area contributed by atoms with Gasteiger partial charge in [0.2, 0.25) is 0 Å². The molecule has 0 aliphatic carbocycles. The van der Waals surface area contributed by atoms with Gasteiger partial charge in [-0.3, -0.25) is 0 Å². The van der Waals surface area contributed by atoms with Crippen molar-refractivity contribution in [1.82, 2.24) is 9.78 Å². The molecule has 1 aromatic heterocycles. The SMILES string of the molecule is Cc1cccc(-c2cnn(-c3ccc(C)cc3C)c2)c1. The molecule has 0 amide bonds. The van der Waals surface area contributed by atoms with Crippen molar-refractivity contribution in [3.63, 3.8) is 0 Å². The van der Waals surface area contributed by atoms with Gasteiger partial charge in [-0.15, -0.1) is 0 Å². The lowest BCUT2D eigenvalue weighted by atomic mass is 10.1. The summed E-state index contributed by atoms with van der Waals surface area (Å²) < 4.78 is 1.95. The van der Waals surface area contributed by atoms with Crippen molar-refractivity contribution < 1.29 is 0 Å². The summed E-state index contributed by atoms with van der Waals surface area (Å²) in [5, 5.41) is 4.50. The molecule has 2 aromatic carbocycles. The lowest BCUT2D eigenvalue weighted by Crippen LogP contribution is -1.97. The van der Waals surface area contributed by atoms with Crippen LogP contribution < -0.4 is 0 Å². The minimum atomic E-state index is 1.13. The summed E-state index contributed by atoms with van der Waals surface area (Å²) in [5.41, 5.74) is 7.27. The van der Waals surface area contributed by atoms with Crippen molar-refractivity contribution in [1.29, 1.82) is 0 Å². The Hall–Kier alpha value is -2.35. The summed E-state index contributed by atoms with van der Waals surface area (Å²) in [6.45, 7) is 6.34. The van der Waals surface area contributed by atoms with E-state index < -0.39 is 0 Å². The zero-order valence-electron chi connectivity index (χ0n) is 12.1. The molecule has 3 rings (SSSR count). The van der Waals surface area contributed by atoms with Crippen LogP contribution in [0.2, 0.25) is 0 Å². The lowest BCUT2D eigenvalue weighted by molar-refractivity contribution is 0.872. The Morgan fingerprint density at radius 3 is 2.40 bits per heavy atom. The molecule has 2 heteroatoms. The van der Waals surface area contributed by atoms with Gasteiger partial charge >= 0.3 is 0 Å². The van der Waals surface area contributed by atoms with Crippen LogP contribution in [0, 0.1) is 20.8 Å². The third-order valence-corrected chi connectivity index (χ3v) is 3.53. The highest BCUT2D eigenvalue weighted by Gasteiger charge is 2.05. The third kappa shape index (κ3) is 2.37. The van der Waals surface area contributed by atoms with E-state index in [1.54, 1.807) is 0 Å². The van der Waals surface area contributed by atoms with Crippen LogP contribution in [0.3, 0.4) is 0 Å². The van der Waals surface area contributed by atoms with E-state index in [4.69, 9.17) is 0 Å². The number of hydrogen-bond acceptors (Lipinski definition) is 1. The van der Waals surface area contributed by atoms with Crippen molar-refractivity contribution in [2.24, 2.45) is 0 Å². The monoisotopic (exact) mass is 262 g/mol. The van der Waals surface area contributed by atoms with Crippen LogP contribution in [-0.2, 0) is 0 Å². The second kappa shape index (κ2) is 4.97. The molecule has 0 spiro atoms. The van der Waals surface area contributed by atoms with Gasteiger partial charge in [-0.1, -0.05) is 47.5 Å². The second-order valence-electron chi connectivity index (χ2n) is 5.33. The fourth-order valence-electron chi connectivity index (χ4n) is 2.49. The van der Waals surface area contributed by atoms with Crippen molar-refractivity contribution in [2.75, 3.05) is 0 Å². The molecule has 0 fully saturated rings. The van der Waals surface area contributed by atoms with Gasteiger partial charge in [0.05, 0.1) is 11.9 Å². The first-order valence-corrected chi connectivity index (χ1v) is 6.83. The van der Waals surface area contributed by atoms with E-state index in [9.17, 15) is 0 Å². The van der Waals surface area contributed by atoms with Crippen molar-refractivity contribution >= 4 is 0 Å². The number of rotatable bonds is 2. The molecule has 1 heterocycles. The second-order valence-corrected chi connectivity index (χ2v) is 5.33. The topological polar surface area (TPSA) is 17.8 Å². The average molecular weight is 262 g/mol. The molecule has 0 atom stereocenters. The summed E-state index contributed by atoms with van der Waals surface area (Å²) in [7, 11) is 0. The summed E-state index contributed by atoms with van der Waals surface area (Å²) in [6.07, 6.45) is 4.01. The standard InChI is InChI=1S/C18H18N2/c1-13-5-4-6-16(10-13)17-11-19-20(12-17)18-8-7-14(2)9-15(18)3/h4-12H,1-3H3. The molecular formula is C18H18N2. The number of nitrogens with zero attached hydrogens (tertiary/aromatic N) is 2. The van der Waals surface area contributed by atoms with Gasteiger partial charge in [0, 0.05) is 11.8 Å². The van der Waals surface area contributed by atoms with E-state index in [2.05, 4.69) is 74.5 Å². The molecule has 100 valence electrons. The van der Waals surface area contributed by atoms with Crippen LogP contribution in [0.4, 0.5) is 0 Å². The van der Waals surface area contributed by atoms with Gasteiger partial charge in [0.15, 0.2) is 0 Å². The van der Waals surface area contributed by atoms with Crippen LogP contribution in [0.5, 0.6) is 0 Å². The molecule has 3 aromatic rings. The van der Waals surface area contributed by atoms with Crippen LogP contribution >= 0.6 is 0 Å². The molecule has 0 aliphatic heterocycles. The first-order chi connectivity index (χ1) is 9.63. The molecule has 0 saturated carbocycles. The first kappa shape index (κ1) is 12.7. The van der Waals surface area contributed by atoms with E-state index in [0.29, 0.717) is 0 Å². The fraction of sp³-hybridized carbons (Fsp3) is 0.167. The van der Waals surface area contributed by atoms with E-state index >= 15 is 0 Å². The molecule has 0 saturated heterocycles. The number of benzene rings is 2. The molecule has 20 heavy (non-hydrogen) atoms. The molecule has 0 radical (unpaired) electrons. The molecule has 0 aliphatic rings. The quantitative estimate of drug-likeness (QED) is 0.666. The maximum Gasteiger partial charge on any atom is 0.0675 e. The number of aryl methyl sites for hydroxylation is 3. The first-order valence-electron chi connectivity index (χ1n) is 6.83. The van der Waals surface area contributed by atoms with Gasteiger partial charge in [-0.25, -0.2) is 4.68 Å². The Bertz CT molecular complexity index is 754. The normalized spacial score (nSPS) is 10.8. The molecule has 0 N–H and O–H groups in total. The van der Waals surface area contributed by atoms with Gasteiger partial charge in [0.25, 0.3) is 0 Å². The minimum Gasteiger partial charge on any atom is -0.240 e. The maximum atomic E-state index is 4.50. The fourth-order valence-corrected chi connectivity index (χ4v) is 2.49. The van der Waals surface area contributed by atoms with Gasteiger partial charge < -0.3 is 0 Å². The van der Waals surface area contributed by atoms with Crippen LogP contribution in [0.25, 0.3) is 16.8 Å². The molecule has 2 nitrogen and oxygen atoms in total. The van der Waals surface area contributed by atoms with E-state index in [-0.39, 0.29) is 0 Å². The van der Waals surface area contributed by atoms with E-state index in [1.807, 2.05) is 10.9 Å². The van der Waals surface area contributed by atoms with Crippen LogP contribution in [0.1, 0.15) is 16.7 Å². The number of hydrogen-bond donors (Lipinski definition) is 0. The lowest BCUT2D eigenvalue weighted by Gasteiger charge is -2.06. The van der Waals surface area contributed by atoms with Gasteiger partial charge in [-0.2, -0.15) is 5.10 Å². The zero-order chi connectivity index (χ0) is 14.1. The summed E-state index contributed by atoms with van der Waals surface area (Å²) in [5.74, 6) is 0. The summed E-state index contributed by atoms with van der Waals surface area (Å²) in [4.78, 5) is 0. The predicted molar refractivity (Wildman–Crippen MR) is 83.2 cm³/mol. The predicted octanol–water partition coefficient (Wildman–Crippen LogP) is 4.46. The van der Waals surface area contributed by atoms with E-state index in [0.717, 1.165) is 11.3 Å². The smallest absolute Gasteiger partial charge is 0.0675 e. The molecule has 0 unspecified atom stereocenters. The zero-order valence-corrected chi connectivity index (χ0v) is 12.1. The highest BCUT2D eigenvalue weighted by Crippen LogP contribution is 2.22. The molecule has 0 bridgehead atoms.